The summed E-state index contributed by atoms with van der Waals surface area (Å²) < 4.78 is 5.52. The molecule has 1 aromatic heterocycles. The lowest BCUT2D eigenvalue weighted by atomic mass is 10.0. The van der Waals surface area contributed by atoms with Crippen molar-refractivity contribution in [1.29, 1.82) is 0 Å². The van der Waals surface area contributed by atoms with Gasteiger partial charge in [0, 0.05) is 22.8 Å². The summed E-state index contributed by atoms with van der Waals surface area (Å²) in [6.07, 6.45) is 1.16. The first-order valence-electron chi connectivity index (χ1n) is 7.47. The van der Waals surface area contributed by atoms with Crippen molar-refractivity contribution < 1.29 is 4.52 Å². The van der Waals surface area contributed by atoms with E-state index in [0.29, 0.717) is 16.5 Å². The molecule has 1 fully saturated rings. The van der Waals surface area contributed by atoms with E-state index in [-0.39, 0.29) is 5.92 Å². The molecule has 1 aliphatic heterocycles. The SMILES string of the molecule is CCNC(C)C(C)c1nc(C2SCCSC2CC)no1. The van der Waals surface area contributed by atoms with Crippen LogP contribution in [0.3, 0.4) is 0 Å². The van der Waals surface area contributed by atoms with Gasteiger partial charge in [0.05, 0.1) is 11.2 Å². The molecule has 0 amide bonds. The molecule has 0 spiro atoms. The third kappa shape index (κ3) is 3.71. The van der Waals surface area contributed by atoms with Crippen LogP contribution in [-0.4, -0.2) is 39.5 Å². The molecule has 0 aromatic carbocycles. The van der Waals surface area contributed by atoms with Gasteiger partial charge in [-0.3, -0.25) is 0 Å². The van der Waals surface area contributed by atoms with Gasteiger partial charge in [-0.1, -0.05) is 25.9 Å². The van der Waals surface area contributed by atoms with Crippen LogP contribution in [0.15, 0.2) is 4.52 Å². The molecule has 1 N–H and O–H groups in total. The van der Waals surface area contributed by atoms with Crippen molar-refractivity contribution in [2.75, 3.05) is 18.1 Å². The van der Waals surface area contributed by atoms with E-state index in [1.54, 1.807) is 0 Å². The highest BCUT2D eigenvalue weighted by Gasteiger charge is 2.31. The Morgan fingerprint density at radius 3 is 2.75 bits per heavy atom. The van der Waals surface area contributed by atoms with Gasteiger partial charge in [0.1, 0.15) is 0 Å². The first-order valence-corrected chi connectivity index (χ1v) is 9.57. The number of nitrogens with zero attached hydrogens (tertiary/aromatic N) is 2. The van der Waals surface area contributed by atoms with Crippen LogP contribution in [0.2, 0.25) is 0 Å². The van der Waals surface area contributed by atoms with E-state index in [2.05, 4.69) is 43.2 Å². The third-order valence-corrected chi connectivity index (χ3v) is 7.07. The van der Waals surface area contributed by atoms with E-state index in [0.717, 1.165) is 24.7 Å². The highest BCUT2D eigenvalue weighted by Crippen LogP contribution is 2.43. The summed E-state index contributed by atoms with van der Waals surface area (Å²) in [5, 5.41) is 8.67. The molecule has 6 heteroatoms. The zero-order chi connectivity index (χ0) is 14.5. The smallest absolute Gasteiger partial charge is 0.231 e. The Morgan fingerprint density at radius 1 is 1.30 bits per heavy atom. The Kier molecular flexibility index (Phi) is 6.23. The number of nitrogens with one attached hydrogen (secondary N) is 1. The fourth-order valence-corrected chi connectivity index (χ4v) is 5.38. The molecule has 1 aromatic rings. The van der Waals surface area contributed by atoms with Gasteiger partial charge in [0.25, 0.3) is 0 Å². The summed E-state index contributed by atoms with van der Waals surface area (Å²) in [6, 6.07) is 0.351. The number of hydrogen-bond donors (Lipinski definition) is 1. The average Bonchev–Trinajstić information content (AvgIpc) is 2.96. The maximum atomic E-state index is 5.52. The molecule has 2 rings (SSSR count). The molecule has 1 saturated heterocycles. The zero-order valence-corrected chi connectivity index (χ0v) is 14.4. The van der Waals surface area contributed by atoms with Gasteiger partial charge < -0.3 is 9.84 Å². The van der Waals surface area contributed by atoms with Gasteiger partial charge in [0.15, 0.2) is 5.82 Å². The van der Waals surface area contributed by atoms with E-state index < -0.39 is 0 Å². The Morgan fingerprint density at radius 2 is 2.05 bits per heavy atom. The first-order chi connectivity index (χ1) is 9.67. The Hall–Kier alpha value is -0.200. The maximum Gasteiger partial charge on any atom is 0.231 e. The summed E-state index contributed by atoms with van der Waals surface area (Å²) in [6.45, 7) is 9.62. The van der Waals surface area contributed by atoms with Crippen molar-refractivity contribution in [2.24, 2.45) is 0 Å². The molecule has 0 aliphatic carbocycles. The second-order valence-electron chi connectivity index (χ2n) is 5.23. The van der Waals surface area contributed by atoms with Gasteiger partial charge >= 0.3 is 0 Å². The molecule has 20 heavy (non-hydrogen) atoms. The molecule has 0 radical (unpaired) electrons. The Balaban J connectivity index is 2.07. The fraction of sp³-hybridized carbons (Fsp3) is 0.857. The molecule has 4 unspecified atom stereocenters. The van der Waals surface area contributed by atoms with Crippen LogP contribution in [0.25, 0.3) is 0 Å². The van der Waals surface area contributed by atoms with Crippen molar-refractivity contribution in [3.63, 3.8) is 0 Å². The minimum Gasteiger partial charge on any atom is -0.339 e. The van der Waals surface area contributed by atoms with Crippen molar-refractivity contribution in [1.82, 2.24) is 15.5 Å². The highest BCUT2D eigenvalue weighted by molar-refractivity contribution is 8.06. The van der Waals surface area contributed by atoms with Gasteiger partial charge in [-0.15, -0.1) is 11.8 Å². The number of hydrogen-bond acceptors (Lipinski definition) is 6. The minimum absolute atomic E-state index is 0.248. The van der Waals surface area contributed by atoms with Gasteiger partial charge in [-0.25, -0.2) is 0 Å². The Labute approximate surface area is 130 Å². The molecule has 2 heterocycles. The quantitative estimate of drug-likeness (QED) is 0.867. The normalized spacial score (nSPS) is 26.4. The van der Waals surface area contributed by atoms with E-state index in [9.17, 15) is 0 Å². The molecular weight excluding hydrogens is 290 g/mol. The number of aromatic nitrogens is 2. The van der Waals surface area contributed by atoms with Crippen LogP contribution in [0.1, 0.15) is 57.0 Å². The van der Waals surface area contributed by atoms with Gasteiger partial charge in [0.2, 0.25) is 5.89 Å². The molecule has 0 bridgehead atoms. The molecule has 1 aliphatic rings. The minimum atomic E-state index is 0.248. The lowest BCUT2D eigenvalue weighted by Crippen LogP contribution is -2.30. The summed E-state index contributed by atoms with van der Waals surface area (Å²) >= 11 is 4.01. The Bertz CT molecular complexity index is 413. The van der Waals surface area contributed by atoms with Crippen molar-refractivity contribution in [3.05, 3.63) is 11.7 Å². The number of thioether (sulfide) groups is 2. The van der Waals surface area contributed by atoms with Crippen LogP contribution in [0, 0.1) is 0 Å². The van der Waals surface area contributed by atoms with Crippen molar-refractivity contribution >= 4 is 23.5 Å². The lowest BCUT2D eigenvalue weighted by molar-refractivity contribution is 0.329. The van der Waals surface area contributed by atoms with E-state index >= 15 is 0 Å². The predicted octanol–water partition coefficient (Wildman–Crippen LogP) is 3.47. The van der Waals surface area contributed by atoms with Crippen LogP contribution in [0.4, 0.5) is 0 Å². The van der Waals surface area contributed by atoms with Gasteiger partial charge in [-0.05, 0) is 19.9 Å². The standard InChI is InChI=1S/C14H25N3OS2/c1-5-11-12(20-8-7-19-11)13-16-14(18-17-13)9(3)10(4)15-6-2/h9-12,15H,5-8H2,1-4H3. The van der Waals surface area contributed by atoms with Crippen LogP contribution < -0.4 is 5.32 Å². The molecule has 114 valence electrons. The first kappa shape index (κ1) is 16.2. The predicted molar refractivity (Wildman–Crippen MR) is 87.6 cm³/mol. The molecule has 4 atom stereocenters. The van der Waals surface area contributed by atoms with Crippen molar-refractivity contribution in [3.8, 4) is 0 Å². The monoisotopic (exact) mass is 315 g/mol. The van der Waals surface area contributed by atoms with E-state index in [1.807, 2.05) is 23.5 Å². The summed E-state index contributed by atoms with van der Waals surface area (Å²) in [5.41, 5.74) is 0. The second-order valence-corrected chi connectivity index (χ2v) is 7.83. The van der Waals surface area contributed by atoms with E-state index in [1.165, 1.54) is 11.5 Å². The lowest BCUT2D eigenvalue weighted by Gasteiger charge is -2.27. The van der Waals surface area contributed by atoms with Crippen molar-refractivity contribution in [2.45, 2.75) is 56.6 Å². The van der Waals surface area contributed by atoms with Gasteiger partial charge in [-0.2, -0.15) is 16.7 Å². The molecular formula is C14H25N3OS2. The third-order valence-electron chi connectivity index (χ3n) is 3.83. The topological polar surface area (TPSA) is 51.0 Å². The summed E-state index contributed by atoms with van der Waals surface area (Å²) in [7, 11) is 0. The highest BCUT2D eigenvalue weighted by atomic mass is 32.2. The molecule has 0 saturated carbocycles. The summed E-state index contributed by atoms with van der Waals surface area (Å²) in [5.74, 6) is 4.31. The zero-order valence-electron chi connectivity index (χ0n) is 12.8. The fourth-order valence-electron chi connectivity index (χ4n) is 2.40. The largest absolute Gasteiger partial charge is 0.339 e. The maximum absolute atomic E-state index is 5.52. The second kappa shape index (κ2) is 7.71. The van der Waals surface area contributed by atoms with E-state index in [4.69, 9.17) is 4.52 Å². The number of likely N-dealkylation sites (N-methyl/N-ethyl adjacent to an activating group) is 1. The average molecular weight is 316 g/mol. The molecule has 4 nitrogen and oxygen atoms in total. The van der Waals surface area contributed by atoms with Crippen LogP contribution in [0.5, 0.6) is 0 Å². The summed E-state index contributed by atoms with van der Waals surface area (Å²) in [4.78, 5) is 4.68. The van der Waals surface area contributed by atoms with Crippen LogP contribution in [-0.2, 0) is 0 Å². The van der Waals surface area contributed by atoms with Crippen LogP contribution >= 0.6 is 23.5 Å². The number of rotatable bonds is 6.